The predicted octanol–water partition coefficient (Wildman–Crippen LogP) is 0.816. The molecule has 5 nitrogen and oxygen atoms in total. The molecule has 1 fully saturated rings. The molecule has 1 aromatic heterocycles. The molecule has 100 valence electrons. The van der Waals surface area contributed by atoms with Gasteiger partial charge >= 0.3 is 0 Å². The van der Waals surface area contributed by atoms with Crippen molar-refractivity contribution in [2.45, 2.75) is 32.7 Å². The molecule has 1 aliphatic rings. The molecule has 18 heavy (non-hydrogen) atoms. The lowest BCUT2D eigenvalue weighted by Crippen LogP contribution is -2.50. The number of nitrogens with one attached hydrogen (secondary N) is 2. The Kier molecular flexibility index (Phi) is 4.01. The number of carbonyl (C=O) groups excluding carboxylic acids is 1. The summed E-state index contributed by atoms with van der Waals surface area (Å²) in [6, 6.07) is 1.93. The Morgan fingerprint density at radius 2 is 2.50 bits per heavy atom. The Balaban J connectivity index is 1.96. The van der Waals surface area contributed by atoms with Crippen LogP contribution in [0.4, 0.5) is 0 Å². The van der Waals surface area contributed by atoms with Gasteiger partial charge < -0.3 is 10.6 Å². The van der Waals surface area contributed by atoms with Crippen LogP contribution >= 0.6 is 0 Å². The number of aryl methyl sites for hydroxylation is 1. The number of hydrogen-bond acceptors (Lipinski definition) is 3. The SMILES string of the molecule is CCC1(C(=O)NCc2ccnn2C)CCCNC1. The molecule has 0 radical (unpaired) electrons. The van der Waals surface area contributed by atoms with Crippen molar-refractivity contribution in [1.82, 2.24) is 20.4 Å². The van der Waals surface area contributed by atoms with E-state index in [4.69, 9.17) is 0 Å². The largest absolute Gasteiger partial charge is 0.350 e. The van der Waals surface area contributed by atoms with Crippen molar-refractivity contribution < 1.29 is 4.79 Å². The number of hydrogen-bond donors (Lipinski definition) is 2. The first-order valence-electron chi connectivity index (χ1n) is 6.64. The van der Waals surface area contributed by atoms with Gasteiger partial charge in [0.1, 0.15) is 0 Å². The fourth-order valence-corrected chi connectivity index (χ4v) is 2.56. The maximum atomic E-state index is 12.4. The summed E-state index contributed by atoms with van der Waals surface area (Å²) in [7, 11) is 1.89. The highest BCUT2D eigenvalue weighted by atomic mass is 16.2. The summed E-state index contributed by atoms with van der Waals surface area (Å²) in [6.07, 6.45) is 4.69. The van der Waals surface area contributed by atoms with Crippen molar-refractivity contribution in [2.75, 3.05) is 13.1 Å². The molecule has 1 atom stereocenters. The summed E-state index contributed by atoms with van der Waals surface area (Å²) in [6.45, 7) is 4.46. The third kappa shape index (κ3) is 2.56. The first-order chi connectivity index (χ1) is 8.68. The summed E-state index contributed by atoms with van der Waals surface area (Å²) in [5, 5.41) is 10.5. The molecule has 2 heterocycles. The smallest absolute Gasteiger partial charge is 0.227 e. The molecule has 0 aliphatic carbocycles. The van der Waals surface area contributed by atoms with Crippen LogP contribution in [0.5, 0.6) is 0 Å². The summed E-state index contributed by atoms with van der Waals surface area (Å²) in [5.74, 6) is 0.165. The highest BCUT2D eigenvalue weighted by Crippen LogP contribution is 2.30. The van der Waals surface area contributed by atoms with E-state index in [2.05, 4.69) is 22.7 Å². The number of amides is 1. The van der Waals surface area contributed by atoms with E-state index in [1.54, 1.807) is 10.9 Å². The molecule has 0 spiro atoms. The predicted molar refractivity (Wildman–Crippen MR) is 69.9 cm³/mol. The molecule has 1 aromatic rings. The highest BCUT2D eigenvalue weighted by molar-refractivity contribution is 5.82. The minimum absolute atomic E-state index is 0.165. The summed E-state index contributed by atoms with van der Waals surface area (Å²) >= 11 is 0. The van der Waals surface area contributed by atoms with Crippen molar-refractivity contribution in [2.24, 2.45) is 12.5 Å². The van der Waals surface area contributed by atoms with E-state index in [0.29, 0.717) is 6.54 Å². The lowest BCUT2D eigenvalue weighted by molar-refractivity contribution is -0.132. The van der Waals surface area contributed by atoms with Crippen molar-refractivity contribution in [3.05, 3.63) is 18.0 Å². The van der Waals surface area contributed by atoms with Gasteiger partial charge in [0.2, 0.25) is 5.91 Å². The van der Waals surface area contributed by atoms with Gasteiger partial charge in [-0.1, -0.05) is 6.92 Å². The maximum Gasteiger partial charge on any atom is 0.227 e. The van der Waals surface area contributed by atoms with E-state index in [9.17, 15) is 4.79 Å². The third-order valence-corrected chi connectivity index (χ3v) is 3.98. The molecule has 0 bridgehead atoms. The van der Waals surface area contributed by atoms with Crippen LogP contribution in [0.2, 0.25) is 0 Å². The summed E-state index contributed by atoms with van der Waals surface area (Å²) in [5.41, 5.74) is 0.801. The topological polar surface area (TPSA) is 59.0 Å². The highest BCUT2D eigenvalue weighted by Gasteiger charge is 2.37. The lowest BCUT2D eigenvalue weighted by atomic mass is 9.77. The zero-order chi connectivity index (χ0) is 13.0. The van der Waals surface area contributed by atoms with Crippen molar-refractivity contribution >= 4 is 5.91 Å². The van der Waals surface area contributed by atoms with Gasteiger partial charge in [0.25, 0.3) is 0 Å². The third-order valence-electron chi connectivity index (χ3n) is 3.98. The number of aromatic nitrogens is 2. The number of piperidine rings is 1. The monoisotopic (exact) mass is 250 g/mol. The molecular weight excluding hydrogens is 228 g/mol. The van der Waals surface area contributed by atoms with E-state index >= 15 is 0 Å². The van der Waals surface area contributed by atoms with Gasteiger partial charge in [0.05, 0.1) is 17.7 Å². The van der Waals surface area contributed by atoms with Gasteiger partial charge in [-0.3, -0.25) is 9.48 Å². The van der Waals surface area contributed by atoms with E-state index in [0.717, 1.165) is 38.0 Å². The van der Waals surface area contributed by atoms with Gasteiger partial charge in [0, 0.05) is 19.8 Å². The van der Waals surface area contributed by atoms with Gasteiger partial charge in [-0.05, 0) is 31.9 Å². The second kappa shape index (κ2) is 5.52. The standard InChI is InChI=1S/C13H22N4O/c1-3-13(6-4-7-14-10-13)12(18)15-9-11-5-8-16-17(11)2/h5,8,14H,3-4,6-7,9-10H2,1-2H3,(H,15,18). The first-order valence-corrected chi connectivity index (χ1v) is 6.64. The summed E-state index contributed by atoms with van der Waals surface area (Å²) in [4.78, 5) is 12.4. The van der Waals surface area contributed by atoms with Crippen LogP contribution in [-0.4, -0.2) is 28.8 Å². The van der Waals surface area contributed by atoms with Gasteiger partial charge in [0.15, 0.2) is 0 Å². The molecular formula is C13H22N4O. The van der Waals surface area contributed by atoms with Crippen molar-refractivity contribution in [1.29, 1.82) is 0 Å². The van der Waals surface area contributed by atoms with E-state index in [1.807, 2.05) is 13.1 Å². The Labute approximate surface area is 108 Å². The fourth-order valence-electron chi connectivity index (χ4n) is 2.56. The number of nitrogens with zero attached hydrogens (tertiary/aromatic N) is 2. The van der Waals surface area contributed by atoms with Crippen LogP contribution in [0.3, 0.4) is 0 Å². The van der Waals surface area contributed by atoms with Crippen LogP contribution in [0, 0.1) is 5.41 Å². The summed E-state index contributed by atoms with van der Waals surface area (Å²) < 4.78 is 1.79. The number of rotatable bonds is 4. The van der Waals surface area contributed by atoms with Gasteiger partial charge in [-0.15, -0.1) is 0 Å². The van der Waals surface area contributed by atoms with Crippen LogP contribution in [0.15, 0.2) is 12.3 Å². The molecule has 1 saturated heterocycles. The average Bonchev–Trinajstić information content (AvgIpc) is 2.82. The molecule has 1 amide bonds. The Bertz CT molecular complexity index is 407. The zero-order valence-electron chi connectivity index (χ0n) is 11.2. The van der Waals surface area contributed by atoms with Crippen molar-refractivity contribution in [3.63, 3.8) is 0 Å². The van der Waals surface area contributed by atoms with Crippen LogP contribution in [0.1, 0.15) is 31.9 Å². The van der Waals surface area contributed by atoms with Crippen LogP contribution in [0.25, 0.3) is 0 Å². The van der Waals surface area contributed by atoms with E-state index < -0.39 is 0 Å². The fraction of sp³-hybridized carbons (Fsp3) is 0.692. The second-order valence-electron chi connectivity index (χ2n) is 5.04. The molecule has 0 saturated carbocycles. The maximum absolute atomic E-state index is 12.4. The van der Waals surface area contributed by atoms with Crippen molar-refractivity contribution in [3.8, 4) is 0 Å². The Morgan fingerprint density at radius 1 is 1.67 bits per heavy atom. The average molecular weight is 250 g/mol. The molecule has 1 aliphatic heterocycles. The normalized spacial score (nSPS) is 23.9. The molecule has 5 heteroatoms. The minimum Gasteiger partial charge on any atom is -0.350 e. The second-order valence-corrected chi connectivity index (χ2v) is 5.04. The molecule has 1 unspecified atom stereocenters. The van der Waals surface area contributed by atoms with E-state index in [-0.39, 0.29) is 11.3 Å². The minimum atomic E-state index is -0.225. The first kappa shape index (κ1) is 13.1. The van der Waals surface area contributed by atoms with E-state index in [1.165, 1.54) is 0 Å². The van der Waals surface area contributed by atoms with Gasteiger partial charge in [-0.2, -0.15) is 5.10 Å². The van der Waals surface area contributed by atoms with Crippen LogP contribution < -0.4 is 10.6 Å². The number of carbonyl (C=O) groups is 1. The van der Waals surface area contributed by atoms with Crippen LogP contribution in [-0.2, 0) is 18.4 Å². The lowest BCUT2D eigenvalue weighted by Gasteiger charge is -2.35. The zero-order valence-corrected chi connectivity index (χ0v) is 11.2. The van der Waals surface area contributed by atoms with Gasteiger partial charge in [-0.25, -0.2) is 0 Å². The Morgan fingerprint density at radius 3 is 3.06 bits per heavy atom. The Hall–Kier alpha value is -1.36. The molecule has 2 N–H and O–H groups in total. The quantitative estimate of drug-likeness (QED) is 0.831. The molecule has 0 aromatic carbocycles. The molecule has 2 rings (SSSR count).